The summed E-state index contributed by atoms with van der Waals surface area (Å²) >= 11 is 0. The predicted molar refractivity (Wildman–Crippen MR) is 78.2 cm³/mol. The van der Waals surface area contributed by atoms with Gasteiger partial charge in [-0.3, -0.25) is 4.99 Å². The largest absolute Gasteiger partial charge is 0.404 e. The summed E-state index contributed by atoms with van der Waals surface area (Å²) in [5.41, 5.74) is 8.76. The maximum atomic E-state index is 5.50. The van der Waals surface area contributed by atoms with Crippen molar-refractivity contribution in [1.82, 2.24) is 0 Å². The molecule has 94 valence electrons. The summed E-state index contributed by atoms with van der Waals surface area (Å²) in [6.45, 7) is 10.6. The highest BCUT2D eigenvalue weighted by molar-refractivity contribution is 5.99. The number of allylic oxidation sites excluding steroid dienone is 4. The molecule has 2 heteroatoms. The molecule has 0 spiro atoms. The van der Waals surface area contributed by atoms with E-state index in [2.05, 4.69) is 30.6 Å². The van der Waals surface area contributed by atoms with E-state index < -0.39 is 0 Å². The third-order valence-electron chi connectivity index (χ3n) is 2.51. The van der Waals surface area contributed by atoms with Crippen LogP contribution < -0.4 is 5.73 Å². The SMILES string of the molecule is C=C/C(=C\C/C=C/C)CN=C(CC)C(C)=CN. The fourth-order valence-electron chi connectivity index (χ4n) is 1.37. The summed E-state index contributed by atoms with van der Waals surface area (Å²) in [4.78, 5) is 4.57. The molecule has 0 aromatic heterocycles. The summed E-state index contributed by atoms with van der Waals surface area (Å²) in [6, 6.07) is 0. The lowest BCUT2D eigenvalue weighted by molar-refractivity contribution is 1.12. The lowest BCUT2D eigenvalue weighted by Crippen LogP contribution is -2.02. The zero-order chi connectivity index (χ0) is 13.1. The quantitative estimate of drug-likeness (QED) is 0.405. The van der Waals surface area contributed by atoms with Crippen LogP contribution in [0.25, 0.3) is 0 Å². The van der Waals surface area contributed by atoms with Crippen molar-refractivity contribution in [2.24, 2.45) is 10.7 Å². The van der Waals surface area contributed by atoms with Crippen LogP contribution in [0.4, 0.5) is 0 Å². The Morgan fingerprint density at radius 2 is 2.12 bits per heavy atom. The highest BCUT2D eigenvalue weighted by Gasteiger charge is 1.98. The molecule has 0 aliphatic rings. The van der Waals surface area contributed by atoms with E-state index in [0.717, 1.165) is 29.7 Å². The maximum absolute atomic E-state index is 5.50. The van der Waals surface area contributed by atoms with Crippen molar-refractivity contribution in [3.05, 3.63) is 48.2 Å². The molecular weight excluding hydrogens is 208 g/mol. The second kappa shape index (κ2) is 9.64. The van der Waals surface area contributed by atoms with E-state index in [1.54, 1.807) is 6.20 Å². The maximum Gasteiger partial charge on any atom is 0.0639 e. The molecule has 0 aliphatic carbocycles. The first kappa shape index (κ1) is 15.4. The van der Waals surface area contributed by atoms with Crippen LogP contribution in [0.2, 0.25) is 0 Å². The minimum Gasteiger partial charge on any atom is -0.404 e. The van der Waals surface area contributed by atoms with Crippen molar-refractivity contribution < 1.29 is 0 Å². The Bertz CT molecular complexity index is 344. The fourth-order valence-corrected chi connectivity index (χ4v) is 1.37. The monoisotopic (exact) mass is 232 g/mol. The van der Waals surface area contributed by atoms with Gasteiger partial charge in [0.25, 0.3) is 0 Å². The molecule has 0 bridgehead atoms. The van der Waals surface area contributed by atoms with Crippen molar-refractivity contribution in [2.45, 2.75) is 33.6 Å². The molecular formula is C15H24N2. The highest BCUT2D eigenvalue weighted by atomic mass is 14.7. The van der Waals surface area contributed by atoms with Crippen LogP contribution in [0.1, 0.15) is 33.6 Å². The Hall–Kier alpha value is -1.57. The molecule has 0 saturated carbocycles. The van der Waals surface area contributed by atoms with Gasteiger partial charge in [0, 0.05) is 5.71 Å². The number of nitrogens with zero attached hydrogens (tertiary/aromatic N) is 1. The topological polar surface area (TPSA) is 38.4 Å². The molecule has 0 unspecified atom stereocenters. The van der Waals surface area contributed by atoms with E-state index in [-0.39, 0.29) is 0 Å². The summed E-state index contributed by atoms with van der Waals surface area (Å²) < 4.78 is 0. The second-order valence-electron chi connectivity index (χ2n) is 3.75. The zero-order valence-corrected chi connectivity index (χ0v) is 11.2. The van der Waals surface area contributed by atoms with Crippen LogP contribution in [0, 0.1) is 0 Å². The first-order valence-corrected chi connectivity index (χ1v) is 6.04. The average molecular weight is 232 g/mol. The van der Waals surface area contributed by atoms with E-state index in [1.807, 2.05) is 26.0 Å². The molecule has 0 amide bonds. The molecule has 0 atom stereocenters. The molecule has 0 saturated heterocycles. The molecule has 0 fully saturated rings. The summed E-state index contributed by atoms with van der Waals surface area (Å²) in [6.07, 6.45) is 11.6. The van der Waals surface area contributed by atoms with Gasteiger partial charge in [-0.05, 0) is 44.0 Å². The first-order valence-electron chi connectivity index (χ1n) is 6.04. The third kappa shape index (κ3) is 6.56. The number of rotatable bonds is 7. The molecule has 0 aromatic carbocycles. The van der Waals surface area contributed by atoms with E-state index >= 15 is 0 Å². The van der Waals surface area contributed by atoms with Crippen molar-refractivity contribution in [2.75, 3.05) is 6.54 Å². The van der Waals surface area contributed by atoms with Crippen molar-refractivity contribution >= 4 is 5.71 Å². The van der Waals surface area contributed by atoms with Gasteiger partial charge in [0.05, 0.1) is 6.54 Å². The summed E-state index contributed by atoms with van der Waals surface area (Å²) in [5.74, 6) is 0. The zero-order valence-electron chi connectivity index (χ0n) is 11.2. The van der Waals surface area contributed by atoms with E-state index in [0.29, 0.717) is 6.54 Å². The predicted octanol–water partition coefficient (Wildman–Crippen LogP) is 3.78. The second-order valence-corrected chi connectivity index (χ2v) is 3.75. The molecule has 0 aromatic rings. The van der Waals surface area contributed by atoms with E-state index in [9.17, 15) is 0 Å². The molecule has 0 aliphatic heterocycles. The highest BCUT2D eigenvalue weighted by Crippen LogP contribution is 2.05. The lowest BCUT2D eigenvalue weighted by Gasteiger charge is -2.04. The van der Waals surface area contributed by atoms with E-state index in [4.69, 9.17) is 5.73 Å². The molecule has 0 radical (unpaired) electrons. The molecule has 17 heavy (non-hydrogen) atoms. The van der Waals surface area contributed by atoms with Gasteiger partial charge in [-0.25, -0.2) is 0 Å². The van der Waals surface area contributed by atoms with Crippen LogP contribution in [0.15, 0.2) is 53.2 Å². The number of nitrogens with two attached hydrogens (primary N) is 1. The fraction of sp³-hybridized carbons (Fsp3) is 0.400. The average Bonchev–Trinajstić information content (AvgIpc) is 2.36. The van der Waals surface area contributed by atoms with Crippen LogP contribution in [0.5, 0.6) is 0 Å². The smallest absolute Gasteiger partial charge is 0.0639 e. The van der Waals surface area contributed by atoms with Gasteiger partial charge in [0.15, 0.2) is 0 Å². The van der Waals surface area contributed by atoms with Crippen LogP contribution >= 0.6 is 0 Å². The molecule has 2 N–H and O–H groups in total. The number of hydrogen-bond donors (Lipinski definition) is 1. The first-order chi connectivity index (χ1) is 8.19. The van der Waals surface area contributed by atoms with E-state index in [1.165, 1.54) is 0 Å². The minimum absolute atomic E-state index is 0.676. The summed E-state index contributed by atoms with van der Waals surface area (Å²) in [7, 11) is 0. The Balaban J connectivity index is 4.62. The summed E-state index contributed by atoms with van der Waals surface area (Å²) in [5, 5.41) is 0. The van der Waals surface area contributed by atoms with Gasteiger partial charge >= 0.3 is 0 Å². The van der Waals surface area contributed by atoms with Crippen LogP contribution in [0.3, 0.4) is 0 Å². The third-order valence-corrected chi connectivity index (χ3v) is 2.51. The van der Waals surface area contributed by atoms with Crippen molar-refractivity contribution in [3.63, 3.8) is 0 Å². The minimum atomic E-state index is 0.676. The Labute approximate surface area is 105 Å². The van der Waals surface area contributed by atoms with Gasteiger partial charge in [0.1, 0.15) is 0 Å². The van der Waals surface area contributed by atoms with Crippen molar-refractivity contribution in [1.29, 1.82) is 0 Å². The molecule has 0 rings (SSSR count). The van der Waals surface area contributed by atoms with Gasteiger partial charge in [-0.15, -0.1) is 0 Å². The van der Waals surface area contributed by atoms with Crippen molar-refractivity contribution in [3.8, 4) is 0 Å². The lowest BCUT2D eigenvalue weighted by atomic mass is 10.1. The van der Waals surface area contributed by atoms with Gasteiger partial charge in [-0.2, -0.15) is 0 Å². The van der Waals surface area contributed by atoms with Crippen LogP contribution in [-0.4, -0.2) is 12.3 Å². The molecule has 2 nitrogen and oxygen atoms in total. The standard InChI is InChI=1S/C15H24N2/c1-5-8-9-10-14(6-2)12-17-15(7-3)13(4)11-16/h5-6,8,10-11H,2,7,9,12,16H2,1,3-4H3/b8-5+,13-11?,14-10+,17-15?. The normalized spacial score (nSPS) is 14.4. The van der Waals surface area contributed by atoms with Gasteiger partial charge in [-0.1, -0.05) is 37.8 Å². The van der Waals surface area contributed by atoms with Gasteiger partial charge in [0.2, 0.25) is 0 Å². The van der Waals surface area contributed by atoms with Gasteiger partial charge < -0.3 is 5.73 Å². The van der Waals surface area contributed by atoms with Crippen LogP contribution in [-0.2, 0) is 0 Å². The number of hydrogen-bond acceptors (Lipinski definition) is 2. The Kier molecular flexibility index (Phi) is 8.75. The Morgan fingerprint density at radius 3 is 2.59 bits per heavy atom. The molecule has 0 heterocycles. The Morgan fingerprint density at radius 1 is 1.41 bits per heavy atom. The number of aliphatic imine (C=N–C) groups is 1.